The fourth-order valence-electron chi connectivity index (χ4n) is 5.40. The van der Waals surface area contributed by atoms with E-state index in [1.807, 2.05) is 78.3 Å². The van der Waals surface area contributed by atoms with Crippen molar-refractivity contribution in [1.29, 1.82) is 0 Å². The lowest BCUT2D eigenvalue weighted by atomic mass is 9.90. The Kier molecular flexibility index (Phi) is 8.30. The van der Waals surface area contributed by atoms with Gasteiger partial charge in [0.15, 0.2) is 11.5 Å². The summed E-state index contributed by atoms with van der Waals surface area (Å²) in [5.41, 5.74) is 7.94. The molecular formula is C31H39N7O2. The van der Waals surface area contributed by atoms with Crippen molar-refractivity contribution in [2.75, 3.05) is 19.8 Å². The maximum absolute atomic E-state index is 13.0. The highest BCUT2D eigenvalue weighted by Gasteiger charge is 2.29. The maximum atomic E-state index is 13.0. The number of aromatic nitrogens is 4. The predicted octanol–water partition coefficient (Wildman–Crippen LogP) is 5.44. The Morgan fingerprint density at radius 2 is 1.70 bits per heavy atom. The number of nitrogens with zero attached hydrogens (tertiary/aromatic N) is 5. The summed E-state index contributed by atoms with van der Waals surface area (Å²) in [4.78, 5) is 24.4. The molecule has 0 radical (unpaired) electrons. The van der Waals surface area contributed by atoms with Crippen LogP contribution < -0.4 is 15.8 Å². The molecule has 9 heteroatoms. The lowest BCUT2D eigenvalue weighted by Crippen LogP contribution is -2.48. The summed E-state index contributed by atoms with van der Waals surface area (Å²) < 4.78 is 7.90. The SMILES string of the molecule is CC(C)C[C@H](C(=O)NC1CCC(n2ncc3c(N)nc(-c4ccc(Oc5ccccc5)cc4)nc32)CC1)N(C)C. The van der Waals surface area contributed by atoms with Gasteiger partial charge < -0.3 is 15.8 Å². The molecule has 1 amide bonds. The van der Waals surface area contributed by atoms with Crippen LogP contribution in [0, 0.1) is 5.92 Å². The minimum Gasteiger partial charge on any atom is -0.457 e. The average Bonchev–Trinajstić information content (AvgIpc) is 3.37. The Bertz CT molecular complexity index is 1430. The number of carbonyl (C=O) groups excluding carboxylic acids is 1. The molecule has 2 aromatic heterocycles. The van der Waals surface area contributed by atoms with Crippen LogP contribution in [0.3, 0.4) is 0 Å². The third kappa shape index (κ3) is 6.25. The van der Waals surface area contributed by atoms with Gasteiger partial charge in [-0.25, -0.2) is 14.6 Å². The van der Waals surface area contributed by atoms with Crippen molar-refractivity contribution in [2.24, 2.45) is 5.92 Å². The van der Waals surface area contributed by atoms with E-state index in [2.05, 4.69) is 29.2 Å². The molecule has 40 heavy (non-hydrogen) atoms. The Morgan fingerprint density at radius 3 is 2.35 bits per heavy atom. The first-order valence-electron chi connectivity index (χ1n) is 14.1. The third-order valence-electron chi connectivity index (χ3n) is 7.58. The van der Waals surface area contributed by atoms with Gasteiger partial charge in [0.05, 0.1) is 23.7 Å². The van der Waals surface area contributed by atoms with Crippen molar-refractivity contribution in [3.8, 4) is 22.9 Å². The van der Waals surface area contributed by atoms with Crippen molar-refractivity contribution >= 4 is 22.8 Å². The highest BCUT2D eigenvalue weighted by molar-refractivity contribution is 5.87. The van der Waals surface area contributed by atoms with E-state index in [-0.39, 0.29) is 24.0 Å². The molecule has 0 saturated heterocycles. The Hall–Kier alpha value is -3.98. The van der Waals surface area contributed by atoms with Crippen LogP contribution in [0.1, 0.15) is 52.0 Å². The van der Waals surface area contributed by atoms with E-state index >= 15 is 0 Å². The first-order valence-corrected chi connectivity index (χ1v) is 14.1. The molecule has 2 aromatic carbocycles. The second-order valence-corrected chi connectivity index (χ2v) is 11.3. The second-order valence-electron chi connectivity index (χ2n) is 11.3. The molecule has 4 aromatic rings. The van der Waals surface area contributed by atoms with Crippen LogP contribution >= 0.6 is 0 Å². The predicted molar refractivity (Wildman–Crippen MR) is 158 cm³/mol. The van der Waals surface area contributed by atoms with Crippen LogP contribution in [-0.2, 0) is 4.79 Å². The van der Waals surface area contributed by atoms with E-state index < -0.39 is 0 Å². The number of hydrogen-bond donors (Lipinski definition) is 2. The highest BCUT2D eigenvalue weighted by Crippen LogP contribution is 2.33. The standard InChI is InChI=1S/C31H39N7O2/c1-20(2)18-27(37(3)4)31(39)34-22-12-14-23(15-13-22)38-30-26(19-33-38)28(32)35-29(36-30)21-10-16-25(17-11-21)40-24-8-6-5-7-9-24/h5-11,16-17,19-20,22-23,27H,12-15,18H2,1-4H3,(H,34,39)(H2,32,35,36)/t22?,23?,27-/m1/s1. The van der Waals surface area contributed by atoms with Gasteiger partial charge in [0.2, 0.25) is 5.91 Å². The number of ether oxygens (including phenoxy) is 1. The number of nitrogen functional groups attached to an aromatic ring is 1. The van der Waals surface area contributed by atoms with E-state index in [1.165, 1.54) is 0 Å². The van der Waals surface area contributed by atoms with E-state index in [0.717, 1.165) is 60.2 Å². The van der Waals surface area contributed by atoms with Crippen LogP contribution in [0.25, 0.3) is 22.4 Å². The summed E-state index contributed by atoms with van der Waals surface area (Å²) in [6.07, 6.45) is 6.21. The molecule has 0 spiro atoms. The molecule has 210 valence electrons. The number of benzene rings is 2. The Balaban J connectivity index is 1.27. The second kappa shape index (κ2) is 12.0. The van der Waals surface area contributed by atoms with E-state index in [9.17, 15) is 4.79 Å². The molecule has 3 N–H and O–H groups in total. The average molecular weight is 542 g/mol. The molecule has 1 aliphatic carbocycles. The van der Waals surface area contributed by atoms with Crippen molar-refractivity contribution in [3.63, 3.8) is 0 Å². The zero-order valence-corrected chi connectivity index (χ0v) is 23.7. The van der Waals surface area contributed by atoms with E-state index in [1.54, 1.807) is 6.20 Å². The largest absolute Gasteiger partial charge is 0.457 e. The van der Waals surface area contributed by atoms with Gasteiger partial charge in [0.25, 0.3) is 0 Å². The summed E-state index contributed by atoms with van der Waals surface area (Å²) in [5, 5.41) is 8.72. The summed E-state index contributed by atoms with van der Waals surface area (Å²) in [6, 6.07) is 17.6. The van der Waals surface area contributed by atoms with Crippen LogP contribution in [-0.4, -0.2) is 56.7 Å². The lowest BCUT2D eigenvalue weighted by molar-refractivity contribution is -0.127. The molecule has 1 aliphatic rings. The quantitative estimate of drug-likeness (QED) is 0.290. The van der Waals surface area contributed by atoms with Crippen LogP contribution in [0.5, 0.6) is 11.5 Å². The smallest absolute Gasteiger partial charge is 0.237 e. The van der Waals surface area contributed by atoms with Gasteiger partial charge in [-0.3, -0.25) is 9.69 Å². The van der Waals surface area contributed by atoms with E-state index in [0.29, 0.717) is 17.6 Å². The van der Waals surface area contributed by atoms with Gasteiger partial charge in [0, 0.05) is 11.6 Å². The molecule has 1 atom stereocenters. The zero-order chi connectivity index (χ0) is 28.2. The number of anilines is 1. The van der Waals surface area contributed by atoms with Gasteiger partial charge in [-0.1, -0.05) is 32.0 Å². The number of amides is 1. The number of para-hydroxylation sites is 1. The molecule has 2 heterocycles. The summed E-state index contributed by atoms with van der Waals surface area (Å²) in [7, 11) is 3.95. The fourth-order valence-corrected chi connectivity index (χ4v) is 5.40. The molecule has 0 unspecified atom stereocenters. The molecule has 0 bridgehead atoms. The monoisotopic (exact) mass is 541 g/mol. The van der Waals surface area contributed by atoms with Gasteiger partial charge >= 0.3 is 0 Å². The molecule has 0 aliphatic heterocycles. The van der Waals surface area contributed by atoms with Crippen molar-refractivity contribution in [1.82, 2.24) is 30.0 Å². The van der Waals surface area contributed by atoms with Gasteiger partial charge in [0.1, 0.15) is 17.3 Å². The summed E-state index contributed by atoms with van der Waals surface area (Å²) >= 11 is 0. The summed E-state index contributed by atoms with van der Waals surface area (Å²) in [6.45, 7) is 4.31. The fraction of sp³-hybridized carbons (Fsp3) is 0.419. The van der Waals surface area contributed by atoms with Crippen molar-refractivity contribution in [2.45, 2.75) is 64.1 Å². The lowest BCUT2D eigenvalue weighted by Gasteiger charge is -2.32. The molecule has 5 rings (SSSR count). The van der Waals surface area contributed by atoms with Gasteiger partial charge in [-0.15, -0.1) is 0 Å². The first kappa shape index (κ1) is 27.6. The highest BCUT2D eigenvalue weighted by atomic mass is 16.5. The minimum absolute atomic E-state index is 0.107. The maximum Gasteiger partial charge on any atom is 0.237 e. The number of nitrogens with two attached hydrogens (primary N) is 1. The number of rotatable bonds is 9. The molecule has 1 saturated carbocycles. The van der Waals surface area contributed by atoms with Crippen molar-refractivity contribution in [3.05, 3.63) is 60.8 Å². The first-order chi connectivity index (χ1) is 19.3. The number of hydrogen-bond acceptors (Lipinski definition) is 7. The number of carbonyl (C=O) groups is 1. The number of fused-ring (bicyclic) bond motifs is 1. The topological polar surface area (TPSA) is 111 Å². The Morgan fingerprint density at radius 1 is 1.02 bits per heavy atom. The number of nitrogens with one attached hydrogen (secondary N) is 1. The van der Waals surface area contributed by atoms with Gasteiger partial charge in [-0.2, -0.15) is 5.10 Å². The molecule has 1 fully saturated rings. The van der Waals surface area contributed by atoms with Crippen LogP contribution in [0.4, 0.5) is 5.82 Å². The summed E-state index contributed by atoms with van der Waals surface area (Å²) in [5.74, 6) is 3.07. The van der Waals surface area contributed by atoms with Gasteiger partial charge in [-0.05, 0) is 88.5 Å². The van der Waals surface area contributed by atoms with Crippen molar-refractivity contribution < 1.29 is 9.53 Å². The zero-order valence-electron chi connectivity index (χ0n) is 23.7. The number of likely N-dealkylation sites (N-methyl/N-ethyl adjacent to an activating group) is 1. The Labute approximate surface area is 235 Å². The minimum atomic E-state index is -0.107. The third-order valence-corrected chi connectivity index (χ3v) is 7.58. The van der Waals surface area contributed by atoms with Crippen LogP contribution in [0.2, 0.25) is 0 Å². The van der Waals surface area contributed by atoms with Crippen LogP contribution in [0.15, 0.2) is 60.8 Å². The molecular weight excluding hydrogens is 502 g/mol. The molecule has 9 nitrogen and oxygen atoms in total. The normalized spacial score (nSPS) is 18.2. The van der Waals surface area contributed by atoms with E-state index in [4.69, 9.17) is 15.5 Å².